The lowest BCUT2D eigenvalue weighted by molar-refractivity contribution is -0.144. The Hall–Kier alpha value is -2.16. The van der Waals surface area contributed by atoms with Gasteiger partial charge >= 0.3 is 5.97 Å². The van der Waals surface area contributed by atoms with E-state index >= 15 is 0 Å². The van der Waals surface area contributed by atoms with Gasteiger partial charge in [-0.15, -0.1) is 0 Å². The van der Waals surface area contributed by atoms with Gasteiger partial charge in [-0.1, -0.05) is 12.1 Å². The summed E-state index contributed by atoms with van der Waals surface area (Å²) in [5.74, 6) is 0.228. The molecule has 1 saturated carbocycles. The molecule has 1 aliphatic heterocycles. The number of sulfonamides is 1. The van der Waals surface area contributed by atoms with Crippen molar-refractivity contribution in [3.05, 3.63) is 36.4 Å². The van der Waals surface area contributed by atoms with Crippen LogP contribution in [0.15, 0.2) is 41.3 Å². The Morgan fingerprint density at radius 1 is 1.00 bits per heavy atom. The maximum atomic E-state index is 13.3. The highest BCUT2D eigenvalue weighted by molar-refractivity contribution is 7.89. The zero-order chi connectivity index (χ0) is 21.3. The van der Waals surface area contributed by atoms with Crippen molar-refractivity contribution in [2.75, 3.05) is 20.8 Å². The highest BCUT2D eigenvalue weighted by Crippen LogP contribution is 2.31. The van der Waals surface area contributed by atoms with E-state index in [1.165, 1.54) is 31.4 Å². The van der Waals surface area contributed by atoms with Crippen LogP contribution in [0.3, 0.4) is 0 Å². The van der Waals surface area contributed by atoms with Crippen LogP contribution in [0.4, 0.5) is 0 Å². The van der Waals surface area contributed by atoms with Crippen LogP contribution >= 0.6 is 0 Å². The topological polar surface area (TPSA) is 82.1 Å². The molecule has 2 aliphatic rings. The predicted molar refractivity (Wildman–Crippen MR) is 112 cm³/mol. The summed E-state index contributed by atoms with van der Waals surface area (Å²) in [6.07, 6.45) is 4.75. The minimum absolute atomic E-state index is 0.116. The highest BCUT2D eigenvalue weighted by atomic mass is 32.2. The van der Waals surface area contributed by atoms with E-state index in [1.807, 2.05) is 18.2 Å². The van der Waals surface area contributed by atoms with Gasteiger partial charge in [0.05, 0.1) is 24.2 Å². The Morgan fingerprint density at radius 3 is 2.40 bits per heavy atom. The van der Waals surface area contributed by atoms with Gasteiger partial charge in [-0.3, -0.25) is 4.79 Å². The van der Waals surface area contributed by atoms with Crippen LogP contribution in [0, 0.1) is 0 Å². The number of nitrogens with zero attached hydrogens (tertiary/aromatic N) is 1. The number of rotatable bonds is 6. The van der Waals surface area contributed by atoms with Crippen molar-refractivity contribution in [2.24, 2.45) is 0 Å². The minimum atomic E-state index is -3.88. The van der Waals surface area contributed by atoms with Crippen molar-refractivity contribution < 1.29 is 27.4 Å². The first-order chi connectivity index (χ1) is 14.4. The fourth-order valence-electron chi connectivity index (χ4n) is 4.33. The SMILES string of the molecule is COC(=O)[C@@H]1C[C@H](OC)CN1S(=O)(=O)c1ccc2cc(OC3CCCC3)ccc2c1. The molecule has 0 aromatic heterocycles. The number of carbonyl (C=O) groups excluding carboxylic acids is 1. The molecule has 0 unspecified atom stereocenters. The van der Waals surface area contributed by atoms with Crippen molar-refractivity contribution in [1.82, 2.24) is 4.31 Å². The maximum Gasteiger partial charge on any atom is 0.324 e. The van der Waals surface area contributed by atoms with Crippen LogP contribution in [-0.4, -0.2) is 57.7 Å². The third kappa shape index (κ3) is 4.04. The minimum Gasteiger partial charge on any atom is -0.490 e. The second-order valence-corrected chi connectivity index (χ2v) is 9.79. The number of hydrogen-bond acceptors (Lipinski definition) is 6. The van der Waals surface area contributed by atoms with Crippen LogP contribution in [0.25, 0.3) is 10.8 Å². The number of benzene rings is 2. The Morgan fingerprint density at radius 2 is 1.70 bits per heavy atom. The number of methoxy groups -OCH3 is 2. The van der Waals surface area contributed by atoms with Crippen LogP contribution in [0.1, 0.15) is 32.1 Å². The zero-order valence-electron chi connectivity index (χ0n) is 17.2. The first-order valence-corrected chi connectivity index (χ1v) is 11.7. The number of ether oxygens (including phenoxy) is 3. The first-order valence-electron chi connectivity index (χ1n) is 10.3. The second-order valence-electron chi connectivity index (χ2n) is 7.90. The van der Waals surface area contributed by atoms with E-state index < -0.39 is 22.0 Å². The molecule has 1 heterocycles. The molecule has 2 fully saturated rings. The number of carbonyl (C=O) groups is 1. The Bertz CT molecular complexity index is 1030. The summed E-state index contributed by atoms with van der Waals surface area (Å²) in [5, 5.41) is 1.71. The van der Waals surface area contributed by atoms with E-state index in [1.54, 1.807) is 18.2 Å². The molecule has 1 aliphatic carbocycles. The van der Waals surface area contributed by atoms with Gasteiger partial charge in [-0.25, -0.2) is 8.42 Å². The van der Waals surface area contributed by atoms with Crippen molar-refractivity contribution >= 4 is 26.8 Å². The molecule has 0 bridgehead atoms. The monoisotopic (exact) mass is 433 g/mol. The lowest BCUT2D eigenvalue weighted by Crippen LogP contribution is -2.41. The summed E-state index contributed by atoms with van der Waals surface area (Å²) >= 11 is 0. The average Bonchev–Trinajstić information content (AvgIpc) is 3.42. The maximum absolute atomic E-state index is 13.3. The third-order valence-corrected chi connectivity index (χ3v) is 7.89. The Balaban J connectivity index is 1.61. The van der Waals surface area contributed by atoms with Crippen molar-refractivity contribution in [3.63, 3.8) is 0 Å². The summed E-state index contributed by atoms with van der Waals surface area (Å²) in [6.45, 7) is 0.116. The quantitative estimate of drug-likeness (QED) is 0.651. The van der Waals surface area contributed by atoms with Gasteiger partial charge in [0.1, 0.15) is 11.8 Å². The molecule has 0 N–H and O–H groups in total. The molecule has 1 saturated heterocycles. The van der Waals surface area contributed by atoms with E-state index in [4.69, 9.17) is 14.2 Å². The average molecular weight is 434 g/mol. The van der Waals surface area contributed by atoms with Crippen LogP contribution in [-0.2, 0) is 24.3 Å². The molecule has 7 nitrogen and oxygen atoms in total. The van der Waals surface area contributed by atoms with E-state index in [2.05, 4.69) is 0 Å². The molecular weight excluding hydrogens is 406 g/mol. The van der Waals surface area contributed by atoms with Crippen molar-refractivity contribution in [2.45, 2.75) is 55.2 Å². The fourth-order valence-corrected chi connectivity index (χ4v) is 5.98. The van der Waals surface area contributed by atoms with Crippen molar-refractivity contribution in [3.8, 4) is 5.75 Å². The standard InChI is InChI=1S/C22H27NO6S/c1-27-19-13-21(22(24)28-2)23(14-19)30(25,26)20-10-8-15-11-18(9-7-16(15)12-20)29-17-5-3-4-6-17/h7-12,17,19,21H,3-6,13-14H2,1-2H3/t19-,21-/m0/s1. The van der Waals surface area contributed by atoms with Gasteiger partial charge in [-0.05, 0) is 60.7 Å². The molecule has 2 aromatic rings. The van der Waals surface area contributed by atoms with Gasteiger partial charge in [0.2, 0.25) is 10.0 Å². The molecule has 0 spiro atoms. The van der Waals surface area contributed by atoms with E-state index in [0.29, 0.717) is 0 Å². The van der Waals surface area contributed by atoms with Crippen LogP contribution < -0.4 is 4.74 Å². The van der Waals surface area contributed by atoms with E-state index in [9.17, 15) is 13.2 Å². The second kappa shape index (κ2) is 8.53. The summed E-state index contributed by atoms with van der Waals surface area (Å²) in [7, 11) is -1.12. The molecule has 0 radical (unpaired) electrons. The highest BCUT2D eigenvalue weighted by Gasteiger charge is 2.44. The first kappa shape index (κ1) is 21.1. The smallest absolute Gasteiger partial charge is 0.324 e. The summed E-state index contributed by atoms with van der Waals surface area (Å²) in [6, 6.07) is 9.80. The molecule has 30 heavy (non-hydrogen) atoms. The van der Waals surface area contributed by atoms with E-state index in [0.717, 1.165) is 29.4 Å². The van der Waals surface area contributed by atoms with Crippen LogP contribution in [0.2, 0.25) is 0 Å². The fraction of sp³-hybridized carbons (Fsp3) is 0.500. The largest absolute Gasteiger partial charge is 0.490 e. The van der Waals surface area contributed by atoms with Gasteiger partial charge in [0, 0.05) is 20.1 Å². The molecule has 162 valence electrons. The third-order valence-electron chi connectivity index (χ3n) is 6.02. The van der Waals surface area contributed by atoms with Crippen molar-refractivity contribution in [1.29, 1.82) is 0 Å². The normalized spacial score (nSPS) is 23.1. The van der Waals surface area contributed by atoms with Gasteiger partial charge in [-0.2, -0.15) is 4.31 Å². The number of fused-ring (bicyclic) bond motifs is 1. The lowest BCUT2D eigenvalue weighted by Gasteiger charge is -2.22. The predicted octanol–water partition coefficient (Wildman–Crippen LogP) is 3.11. The summed E-state index contributed by atoms with van der Waals surface area (Å²) in [5.41, 5.74) is 0. The molecule has 2 atom stereocenters. The summed E-state index contributed by atoms with van der Waals surface area (Å²) in [4.78, 5) is 12.3. The Kier molecular flexibility index (Phi) is 5.99. The molecule has 4 rings (SSSR count). The van der Waals surface area contributed by atoms with Gasteiger partial charge in [0.25, 0.3) is 0 Å². The number of esters is 1. The molecular formula is C22H27NO6S. The zero-order valence-corrected chi connectivity index (χ0v) is 18.1. The number of hydrogen-bond donors (Lipinski definition) is 0. The Labute approximate surface area is 177 Å². The van der Waals surface area contributed by atoms with E-state index in [-0.39, 0.29) is 30.1 Å². The molecule has 2 aromatic carbocycles. The molecule has 8 heteroatoms. The van der Waals surface area contributed by atoms with Gasteiger partial charge in [0.15, 0.2) is 0 Å². The lowest BCUT2D eigenvalue weighted by atomic mass is 10.1. The van der Waals surface area contributed by atoms with Gasteiger partial charge < -0.3 is 14.2 Å². The summed E-state index contributed by atoms with van der Waals surface area (Å²) < 4.78 is 44.0. The molecule has 0 amide bonds. The van der Waals surface area contributed by atoms with Crippen LogP contribution in [0.5, 0.6) is 5.75 Å².